The maximum Gasteiger partial charge on any atom is 0.248 e. The van der Waals surface area contributed by atoms with Crippen LogP contribution in [0.2, 0.25) is 0 Å². The Balaban J connectivity index is 0.920. The van der Waals surface area contributed by atoms with Crippen molar-refractivity contribution >= 4 is 45.8 Å². The second-order valence-corrected chi connectivity index (χ2v) is 16.1. The number of nitrogen functional groups attached to an aromatic ring is 2. The number of hydrogen-bond acceptors (Lipinski definition) is 15. The summed E-state index contributed by atoms with van der Waals surface area (Å²) in [5, 5.41) is 0. The summed E-state index contributed by atoms with van der Waals surface area (Å²) >= 11 is 0. The molecule has 3 fully saturated rings. The molecule has 64 heavy (non-hydrogen) atoms. The Morgan fingerprint density at radius 1 is 0.812 bits per heavy atom. The molecule has 3 aliphatic rings. The molecule has 0 radical (unpaired) electrons. The lowest BCUT2D eigenvalue weighted by Crippen LogP contribution is -2.59. The highest BCUT2D eigenvalue weighted by Gasteiger charge is 2.48. The van der Waals surface area contributed by atoms with Crippen LogP contribution >= 0.6 is 0 Å². The fourth-order valence-electron chi connectivity index (χ4n) is 8.50. The molecule has 19 heteroatoms. The summed E-state index contributed by atoms with van der Waals surface area (Å²) in [7, 11) is 1.59. The van der Waals surface area contributed by atoms with Gasteiger partial charge in [0.1, 0.15) is 34.7 Å². The van der Waals surface area contributed by atoms with Gasteiger partial charge in [0.2, 0.25) is 23.7 Å². The number of carbonyl (C=O) groups is 2. The Morgan fingerprint density at radius 3 is 1.98 bits per heavy atom. The topological polar surface area (TPSA) is 251 Å². The molecule has 5 heterocycles. The monoisotopic (exact) mass is 883 g/mol. The number of hydrogen-bond donors (Lipinski definition) is 4. The first-order chi connectivity index (χ1) is 31.1. The van der Waals surface area contributed by atoms with Gasteiger partial charge in [-0.1, -0.05) is 49.4 Å². The number of nitrogens with two attached hydrogens (primary N) is 4. The van der Waals surface area contributed by atoms with Crippen molar-refractivity contribution in [3.63, 3.8) is 0 Å². The van der Waals surface area contributed by atoms with Crippen LogP contribution in [0.1, 0.15) is 52.3 Å². The van der Waals surface area contributed by atoms with E-state index >= 15 is 0 Å². The number of carbonyl (C=O) groups excluding carboxylic acids is 2. The summed E-state index contributed by atoms with van der Waals surface area (Å²) in [5.41, 5.74) is 27.9. The van der Waals surface area contributed by atoms with Crippen molar-refractivity contribution in [2.75, 3.05) is 77.9 Å². The minimum atomic E-state index is -0.628. The van der Waals surface area contributed by atoms with Crippen molar-refractivity contribution in [3.8, 4) is 11.5 Å². The van der Waals surface area contributed by atoms with E-state index in [0.717, 1.165) is 44.8 Å². The highest BCUT2D eigenvalue weighted by molar-refractivity contribution is 5.99. The minimum absolute atomic E-state index is 0.0678. The molecule has 2 aromatic heterocycles. The van der Waals surface area contributed by atoms with Crippen molar-refractivity contribution < 1.29 is 47.5 Å². The Hall–Kier alpha value is -5.80. The number of fused-ring (bicyclic) bond motifs is 3. The van der Waals surface area contributed by atoms with Gasteiger partial charge in [-0.05, 0) is 30.7 Å². The largest absolute Gasteiger partial charge is 0.491 e. The van der Waals surface area contributed by atoms with E-state index in [0.29, 0.717) is 72.9 Å². The van der Waals surface area contributed by atoms with Gasteiger partial charge in [-0.25, -0.2) is 9.97 Å². The Labute approximate surface area is 370 Å². The van der Waals surface area contributed by atoms with Crippen LogP contribution in [0, 0.1) is 5.92 Å². The molecule has 2 amide bonds. The third-order valence-electron chi connectivity index (χ3n) is 11.8. The summed E-state index contributed by atoms with van der Waals surface area (Å²) in [5.74, 6) is 0.0268. The number of methoxy groups -OCH3 is 1. The number of ether oxygens (including phenoxy) is 8. The summed E-state index contributed by atoms with van der Waals surface area (Å²) in [4.78, 5) is 36.0. The van der Waals surface area contributed by atoms with E-state index in [9.17, 15) is 9.59 Å². The number of aromatic nitrogens is 4. The predicted octanol–water partition coefficient (Wildman–Crippen LogP) is 3.38. The first kappa shape index (κ1) is 44.8. The summed E-state index contributed by atoms with van der Waals surface area (Å²) < 4.78 is 52.3. The van der Waals surface area contributed by atoms with Crippen molar-refractivity contribution in [3.05, 3.63) is 83.4 Å². The molecule has 0 aliphatic carbocycles. The van der Waals surface area contributed by atoms with Gasteiger partial charge in [0.25, 0.3) is 0 Å². The second kappa shape index (κ2) is 20.4. The molecule has 1 unspecified atom stereocenters. The van der Waals surface area contributed by atoms with Crippen LogP contribution in [-0.2, 0) is 41.5 Å². The Bertz CT molecular complexity index is 2440. The SMILES string of the molecule is CO[C@H]1O[C@@H]2COC(c3ccccc3)O[C@H]2[C@H](C)[C@H]1OCCCOc1cc(C(N)=O)cc2nc(N)n(C/C=C/Cn3c(N)nc4cc(C(N)=O)cc(OCCCN5CCOCC5)c43)c12. The van der Waals surface area contributed by atoms with Crippen molar-refractivity contribution in [2.24, 2.45) is 17.4 Å². The molecule has 0 saturated carbocycles. The molecule has 19 nitrogen and oxygen atoms in total. The molecular weight excluding hydrogens is 827 g/mol. The number of rotatable bonds is 19. The fourth-order valence-corrected chi connectivity index (χ4v) is 8.50. The van der Waals surface area contributed by atoms with Gasteiger partial charge in [-0.3, -0.25) is 14.5 Å². The van der Waals surface area contributed by atoms with E-state index in [1.807, 2.05) is 47.1 Å². The molecule has 3 aliphatic heterocycles. The van der Waals surface area contributed by atoms with Gasteiger partial charge >= 0.3 is 0 Å². The molecule has 6 atom stereocenters. The van der Waals surface area contributed by atoms with Crippen LogP contribution < -0.4 is 32.4 Å². The van der Waals surface area contributed by atoms with Crippen molar-refractivity contribution in [1.82, 2.24) is 24.0 Å². The van der Waals surface area contributed by atoms with E-state index in [1.54, 1.807) is 35.9 Å². The average molecular weight is 884 g/mol. The lowest BCUT2D eigenvalue weighted by molar-refractivity contribution is -0.353. The minimum Gasteiger partial charge on any atom is -0.491 e. The van der Waals surface area contributed by atoms with Gasteiger partial charge < -0.3 is 70.0 Å². The average Bonchev–Trinajstić information content (AvgIpc) is 3.80. The molecule has 8 rings (SSSR count). The number of amides is 2. The van der Waals surface area contributed by atoms with Crippen LogP contribution in [0.5, 0.6) is 11.5 Å². The van der Waals surface area contributed by atoms with Gasteiger partial charge in [0, 0.05) is 68.9 Å². The highest BCUT2D eigenvalue weighted by Crippen LogP contribution is 2.38. The maximum atomic E-state index is 12.4. The van der Waals surface area contributed by atoms with E-state index in [-0.39, 0.29) is 47.8 Å². The van der Waals surface area contributed by atoms with Crippen LogP contribution in [0.3, 0.4) is 0 Å². The van der Waals surface area contributed by atoms with E-state index in [4.69, 9.17) is 60.8 Å². The van der Waals surface area contributed by atoms with Gasteiger partial charge in [-0.15, -0.1) is 0 Å². The number of benzene rings is 3. The lowest BCUT2D eigenvalue weighted by atomic mass is 9.89. The molecule has 0 bridgehead atoms. The van der Waals surface area contributed by atoms with Crippen LogP contribution in [-0.4, -0.2) is 127 Å². The predicted molar refractivity (Wildman–Crippen MR) is 237 cm³/mol. The zero-order valence-corrected chi connectivity index (χ0v) is 36.1. The van der Waals surface area contributed by atoms with E-state index in [1.165, 1.54) is 0 Å². The van der Waals surface area contributed by atoms with Crippen LogP contribution in [0.15, 0.2) is 66.7 Å². The number of imidazole rings is 2. The van der Waals surface area contributed by atoms with E-state index < -0.39 is 30.5 Å². The summed E-state index contributed by atoms with van der Waals surface area (Å²) in [6.07, 6.45) is 3.01. The first-order valence-corrected chi connectivity index (χ1v) is 21.6. The maximum absolute atomic E-state index is 12.4. The molecule has 342 valence electrons. The summed E-state index contributed by atoms with van der Waals surface area (Å²) in [6.45, 7) is 8.13. The number of morpholine rings is 1. The van der Waals surface area contributed by atoms with Crippen molar-refractivity contribution in [1.29, 1.82) is 0 Å². The first-order valence-electron chi connectivity index (χ1n) is 21.6. The number of nitrogens with zero attached hydrogens (tertiary/aromatic N) is 5. The quantitative estimate of drug-likeness (QED) is 0.0686. The normalized spacial score (nSPS) is 22.8. The third-order valence-corrected chi connectivity index (χ3v) is 11.8. The smallest absolute Gasteiger partial charge is 0.248 e. The van der Waals surface area contributed by atoms with Gasteiger partial charge in [0.15, 0.2) is 12.6 Å². The number of allylic oxidation sites excluding steroid dienone is 2. The van der Waals surface area contributed by atoms with Gasteiger partial charge in [0.05, 0.1) is 56.8 Å². The lowest BCUT2D eigenvalue weighted by Gasteiger charge is -2.48. The number of primary amides is 2. The number of anilines is 2. The van der Waals surface area contributed by atoms with Crippen LogP contribution in [0.25, 0.3) is 22.1 Å². The van der Waals surface area contributed by atoms with Gasteiger partial charge in [-0.2, -0.15) is 0 Å². The molecule has 0 spiro atoms. The van der Waals surface area contributed by atoms with Crippen molar-refractivity contribution in [2.45, 2.75) is 63.7 Å². The summed E-state index contributed by atoms with van der Waals surface area (Å²) in [6, 6.07) is 16.2. The zero-order valence-electron chi connectivity index (χ0n) is 36.1. The van der Waals surface area contributed by atoms with E-state index in [2.05, 4.69) is 21.8 Å². The standard InChI is InChI=1S/C45H57N9O10/c1-27-38-35(26-62-42(64-38)28-10-4-3-5-11-28)63-43(57-2)39(27)61-19-9-18-60-34-25-30(41(47)56)23-32-37(34)54(45(49)51-32)14-7-6-13-53-36-31(50-44(53)48)22-29(40(46)55)24-33(36)59-17-8-12-52-15-20-58-21-16-52/h3-7,10-11,22-25,27,35,38-39,42-43H,8-9,12-21,26H2,1-2H3,(H2,46,55)(H2,47,56)(H2,48,50)(H2,49,51)/b7-6+/t27-,35+,38-,39+,42?,43-/m0/s1. The molecule has 3 saturated heterocycles. The zero-order chi connectivity index (χ0) is 44.7. The fraction of sp³-hybridized carbons (Fsp3) is 0.467. The van der Waals surface area contributed by atoms with Crippen LogP contribution in [0.4, 0.5) is 11.9 Å². The second-order valence-electron chi connectivity index (χ2n) is 16.1. The highest BCUT2D eigenvalue weighted by atomic mass is 16.8. The molecule has 8 N–H and O–H groups in total. The Kier molecular flexibility index (Phi) is 14.2. The Morgan fingerprint density at radius 2 is 1.41 bits per heavy atom. The molecular formula is C45H57N9O10. The third kappa shape index (κ3) is 9.95. The molecule has 5 aromatic rings. The molecule has 3 aromatic carbocycles.